The quantitative estimate of drug-likeness (QED) is 0.131. The van der Waals surface area contributed by atoms with Crippen molar-refractivity contribution in [3.63, 3.8) is 0 Å². The van der Waals surface area contributed by atoms with E-state index in [0.29, 0.717) is 49.5 Å². The Bertz CT molecular complexity index is 1760. The number of para-hydroxylation sites is 1. The number of hydrogen-bond acceptors (Lipinski definition) is 5. The van der Waals surface area contributed by atoms with E-state index in [4.69, 9.17) is 44.3 Å². The molecule has 0 saturated heterocycles. The number of furan rings is 1. The van der Waals surface area contributed by atoms with Crippen LogP contribution in [-0.4, -0.2) is 11.0 Å². The van der Waals surface area contributed by atoms with Crippen LogP contribution in [-0.2, 0) is 4.79 Å². The summed E-state index contributed by atoms with van der Waals surface area (Å²) < 4.78 is 11.2. The van der Waals surface area contributed by atoms with Crippen LogP contribution >= 0.6 is 35.4 Å². The molecule has 0 fully saturated rings. The topological polar surface area (TPSA) is 84.5 Å². The molecule has 0 bridgehead atoms. The van der Waals surface area contributed by atoms with Crippen LogP contribution in [0.5, 0.6) is 0 Å². The zero-order chi connectivity index (χ0) is 26.6. The Kier molecular flexibility index (Phi) is 7.42. The predicted octanol–water partition coefficient (Wildman–Crippen LogP) is 7.55. The third kappa shape index (κ3) is 5.86. The SMILES string of the molecule is O=C(/C=C/c1ccc(-c2ccc(Cl)cc2Cl)o1)NC(=S)Nc1ccc(-c2cc3ccccc3oc2=O)cc1. The van der Waals surface area contributed by atoms with Crippen LogP contribution in [0, 0.1) is 0 Å². The van der Waals surface area contributed by atoms with E-state index in [9.17, 15) is 9.59 Å². The highest BCUT2D eigenvalue weighted by atomic mass is 35.5. The lowest BCUT2D eigenvalue weighted by atomic mass is 10.1. The third-order valence-electron chi connectivity index (χ3n) is 5.55. The molecule has 6 nitrogen and oxygen atoms in total. The summed E-state index contributed by atoms with van der Waals surface area (Å²) in [4.78, 5) is 24.7. The van der Waals surface area contributed by atoms with Gasteiger partial charge in [0.2, 0.25) is 5.91 Å². The van der Waals surface area contributed by atoms with E-state index in [-0.39, 0.29) is 5.11 Å². The molecule has 0 radical (unpaired) electrons. The van der Waals surface area contributed by atoms with E-state index in [2.05, 4.69) is 10.6 Å². The molecule has 38 heavy (non-hydrogen) atoms. The molecule has 0 spiro atoms. The summed E-state index contributed by atoms with van der Waals surface area (Å²) in [6.45, 7) is 0. The van der Waals surface area contributed by atoms with Crippen LogP contribution in [0.4, 0.5) is 5.69 Å². The lowest BCUT2D eigenvalue weighted by Gasteiger charge is -2.09. The minimum Gasteiger partial charge on any atom is -0.457 e. The van der Waals surface area contributed by atoms with Gasteiger partial charge in [0, 0.05) is 27.7 Å². The van der Waals surface area contributed by atoms with Crippen molar-refractivity contribution in [1.82, 2.24) is 5.32 Å². The molecular formula is C29H18Cl2N2O4S. The molecule has 1 amide bonds. The molecular weight excluding hydrogens is 543 g/mol. The molecule has 0 unspecified atom stereocenters. The summed E-state index contributed by atoms with van der Waals surface area (Å²) in [7, 11) is 0. The number of thiocarbonyl (C=S) groups is 1. The van der Waals surface area contributed by atoms with Crippen molar-refractivity contribution in [3.05, 3.63) is 117 Å². The van der Waals surface area contributed by atoms with Crippen molar-refractivity contribution in [2.75, 3.05) is 5.32 Å². The maximum absolute atomic E-state index is 12.4. The van der Waals surface area contributed by atoms with Crippen LogP contribution in [0.1, 0.15) is 5.76 Å². The van der Waals surface area contributed by atoms with Gasteiger partial charge in [0.15, 0.2) is 5.11 Å². The number of hydrogen-bond donors (Lipinski definition) is 2. The van der Waals surface area contributed by atoms with Crippen LogP contribution in [0.15, 0.2) is 105 Å². The molecule has 0 aliphatic carbocycles. The van der Waals surface area contributed by atoms with Crippen LogP contribution in [0.25, 0.3) is 39.5 Å². The largest absolute Gasteiger partial charge is 0.457 e. The van der Waals surface area contributed by atoms with Crippen molar-refractivity contribution >= 4 is 69.2 Å². The van der Waals surface area contributed by atoms with Gasteiger partial charge in [-0.1, -0.05) is 53.5 Å². The lowest BCUT2D eigenvalue weighted by molar-refractivity contribution is -0.115. The second kappa shape index (κ2) is 11.1. The van der Waals surface area contributed by atoms with Gasteiger partial charge in [-0.05, 0) is 78.5 Å². The van der Waals surface area contributed by atoms with E-state index < -0.39 is 11.5 Å². The highest BCUT2D eigenvalue weighted by Gasteiger charge is 2.10. The highest BCUT2D eigenvalue weighted by Crippen LogP contribution is 2.31. The molecule has 9 heteroatoms. The van der Waals surface area contributed by atoms with Gasteiger partial charge in [0.1, 0.15) is 17.1 Å². The van der Waals surface area contributed by atoms with Gasteiger partial charge < -0.3 is 14.2 Å². The molecule has 0 atom stereocenters. The van der Waals surface area contributed by atoms with Crippen LogP contribution in [0.3, 0.4) is 0 Å². The molecule has 2 heterocycles. The minimum atomic E-state index is -0.435. The molecule has 188 valence electrons. The van der Waals surface area contributed by atoms with Crippen LogP contribution in [0.2, 0.25) is 10.0 Å². The van der Waals surface area contributed by atoms with Gasteiger partial charge in [0.25, 0.3) is 0 Å². The molecule has 2 N–H and O–H groups in total. The average Bonchev–Trinajstić information content (AvgIpc) is 3.36. The van der Waals surface area contributed by atoms with E-state index in [0.717, 1.165) is 5.39 Å². The Morgan fingerprint density at radius 1 is 0.868 bits per heavy atom. The van der Waals surface area contributed by atoms with Crippen molar-refractivity contribution < 1.29 is 13.6 Å². The number of carbonyl (C=O) groups is 1. The monoisotopic (exact) mass is 560 g/mol. The Hall–Kier alpha value is -4.17. The van der Waals surface area contributed by atoms with Gasteiger partial charge in [0.05, 0.1) is 10.6 Å². The number of halogens is 2. The van der Waals surface area contributed by atoms with Crippen molar-refractivity contribution in [1.29, 1.82) is 0 Å². The van der Waals surface area contributed by atoms with Crippen molar-refractivity contribution in [2.45, 2.75) is 0 Å². The summed E-state index contributed by atoms with van der Waals surface area (Å²) in [5.74, 6) is 0.581. The first-order valence-electron chi connectivity index (χ1n) is 11.3. The molecule has 5 rings (SSSR count). The summed E-state index contributed by atoms with van der Waals surface area (Å²) in [6.07, 6.45) is 2.83. The number of rotatable bonds is 5. The lowest BCUT2D eigenvalue weighted by Crippen LogP contribution is -2.32. The molecule has 0 saturated carbocycles. The summed E-state index contributed by atoms with van der Waals surface area (Å²) in [5, 5.41) is 7.47. The Balaban J connectivity index is 1.19. The minimum absolute atomic E-state index is 0.116. The number of fused-ring (bicyclic) bond motifs is 1. The summed E-state index contributed by atoms with van der Waals surface area (Å²) in [6, 6.07) is 24.8. The first-order valence-corrected chi connectivity index (χ1v) is 12.5. The molecule has 3 aromatic carbocycles. The number of amides is 1. The van der Waals surface area contributed by atoms with Crippen molar-refractivity contribution in [2.24, 2.45) is 0 Å². The smallest absolute Gasteiger partial charge is 0.344 e. The van der Waals surface area contributed by atoms with E-state index in [1.165, 1.54) is 12.2 Å². The predicted molar refractivity (Wildman–Crippen MR) is 155 cm³/mol. The molecule has 0 aliphatic rings. The van der Waals surface area contributed by atoms with Gasteiger partial charge >= 0.3 is 5.63 Å². The average molecular weight is 561 g/mol. The first kappa shape index (κ1) is 25.5. The van der Waals surface area contributed by atoms with Gasteiger partial charge in [-0.2, -0.15) is 0 Å². The Morgan fingerprint density at radius 2 is 1.66 bits per heavy atom. The number of benzene rings is 3. The van der Waals surface area contributed by atoms with Gasteiger partial charge in [-0.25, -0.2) is 4.79 Å². The fraction of sp³-hybridized carbons (Fsp3) is 0. The number of nitrogens with one attached hydrogen (secondary N) is 2. The standard InChI is InChI=1S/C29H18Cl2N2O4S/c30-19-7-12-22(24(31)16-19)26-13-10-21(36-26)11-14-27(34)33-29(38)32-20-8-5-17(6-9-20)23-15-18-3-1-2-4-25(18)37-28(23)35/h1-16H,(H2,32,33,34,38)/b14-11+. The third-order valence-corrected chi connectivity index (χ3v) is 6.31. The maximum Gasteiger partial charge on any atom is 0.344 e. The zero-order valence-corrected chi connectivity index (χ0v) is 21.9. The Labute approximate surface area is 232 Å². The van der Waals surface area contributed by atoms with E-state index in [1.54, 1.807) is 66.7 Å². The summed E-state index contributed by atoms with van der Waals surface area (Å²) >= 11 is 17.4. The first-order chi connectivity index (χ1) is 18.4. The zero-order valence-electron chi connectivity index (χ0n) is 19.5. The normalized spacial score (nSPS) is 11.1. The molecule has 5 aromatic rings. The van der Waals surface area contributed by atoms with Gasteiger partial charge in [-0.15, -0.1) is 0 Å². The molecule has 0 aliphatic heterocycles. The molecule has 2 aromatic heterocycles. The van der Waals surface area contributed by atoms with E-state index in [1.807, 2.05) is 18.2 Å². The fourth-order valence-electron chi connectivity index (χ4n) is 3.75. The van der Waals surface area contributed by atoms with Gasteiger partial charge in [-0.3, -0.25) is 10.1 Å². The number of anilines is 1. The van der Waals surface area contributed by atoms with Crippen LogP contribution < -0.4 is 16.3 Å². The Morgan fingerprint density at radius 3 is 2.45 bits per heavy atom. The second-order valence-corrected chi connectivity index (χ2v) is 9.42. The van der Waals surface area contributed by atoms with Crippen molar-refractivity contribution in [3.8, 4) is 22.5 Å². The summed E-state index contributed by atoms with van der Waals surface area (Å²) in [5.41, 5.74) is 2.61. The number of carbonyl (C=O) groups excluding carboxylic acids is 1. The maximum atomic E-state index is 12.4. The fourth-order valence-corrected chi connectivity index (χ4v) is 4.47. The second-order valence-electron chi connectivity index (χ2n) is 8.17. The van der Waals surface area contributed by atoms with E-state index >= 15 is 0 Å². The highest BCUT2D eigenvalue weighted by molar-refractivity contribution is 7.80.